The summed E-state index contributed by atoms with van der Waals surface area (Å²) in [6.45, 7) is 2.03. The SMILES string of the molecule is Cc1cccc(C[S@@](=O)Cc2noc(-c3ccsc3)n2)c1. The van der Waals surface area contributed by atoms with Crippen LogP contribution in [0.3, 0.4) is 0 Å². The summed E-state index contributed by atoms with van der Waals surface area (Å²) in [7, 11) is -1.05. The number of nitrogens with zero attached hydrogens (tertiary/aromatic N) is 2. The van der Waals surface area contributed by atoms with Crippen molar-refractivity contribution >= 4 is 22.1 Å². The summed E-state index contributed by atoms with van der Waals surface area (Å²) in [5, 5.41) is 7.80. The van der Waals surface area contributed by atoms with Crippen molar-refractivity contribution in [3.05, 3.63) is 58.0 Å². The molecule has 0 amide bonds. The topological polar surface area (TPSA) is 56.0 Å². The highest BCUT2D eigenvalue weighted by molar-refractivity contribution is 7.83. The summed E-state index contributed by atoms with van der Waals surface area (Å²) >= 11 is 1.57. The van der Waals surface area contributed by atoms with Crippen LogP contribution in [0, 0.1) is 6.92 Å². The highest BCUT2D eigenvalue weighted by Gasteiger charge is 2.12. The summed E-state index contributed by atoms with van der Waals surface area (Å²) in [6, 6.07) is 9.96. The number of rotatable bonds is 5. The third-order valence-corrected chi connectivity index (χ3v) is 4.86. The summed E-state index contributed by atoms with van der Waals surface area (Å²) in [6.07, 6.45) is 0. The second-order valence-electron chi connectivity index (χ2n) is 4.75. The predicted octanol–water partition coefficient (Wildman–Crippen LogP) is 3.56. The van der Waals surface area contributed by atoms with Crippen molar-refractivity contribution in [2.75, 3.05) is 0 Å². The summed E-state index contributed by atoms with van der Waals surface area (Å²) in [5.41, 5.74) is 3.14. The fourth-order valence-electron chi connectivity index (χ4n) is 2.00. The van der Waals surface area contributed by atoms with Crippen LogP contribution in [0.5, 0.6) is 0 Å². The Kier molecular flexibility index (Phi) is 4.26. The molecule has 1 aromatic carbocycles. The molecule has 1 atom stereocenters. The molecule has 0 unspecified atom stereocenters. The van der Waals surface area contributed by atoms with Crippen molar-refractivity contribution in [2.45, 2.75) is 18.4 Å². The quantitative estimate of drug-likeness (QED) is 0.722. The molecule has 0 saturated carbocycles. The Morgan fingerprint density at radius 1 is 1.29 bits per heavy atom. The molecule has 3 rings (SSSR count). The largest absolute Gasteiger partial charge is 0.334 e. The van der Waals surface area contributed by atoms with Gasteiger partial charge in [-0.15, -0.1) is 0 Å². The Hall–Kier alpha value is -1.79. The van der Waals surface area contributed by atoms with E-state index in [-0.39, 0.29) is 0 Å². The van der Waals surface area contributed by atoms with Gasteiger partial charge in [-0.1, -0.05) is 35.0 Å². The molecule has 2 heterocycles. The van der Waals surface area contributed by atoms with Crippen LogP contribution < -0.4 is 0 Å². The fraction of sp³-hybridized carbons (Fsp3) is 0.200. The minimum absolute atomic E-state index is 0.307. The maximum Gasteiger partial charge on any atom is 0.258 e. The van der Waals surface area contributed by atoms with E-state index in [0.717, 1.165) is 11.1 Å². The molecule has 0 aliphatic heterocycles. The van der Waals surface area contributed by atoms with Crippen molar-refractivity contribution in [1.82, 2.24) is 10.1 Å². The first-order chi connectivity index (χ1) is 10.2. The molecule has 0 radical (unpaired) electrons. The third-order valence-electron chi connectivity index (χ3n) is 2.94. The van der Waals surface area contributed by atoms with Crippen LogP contribution in [0.4, 0.5) is 0 Å². The molecule has 0 N–H and O–H groups in total. The summed E-state index contributed by atoms with van der Waals surface area (Å²) in [5.74, 6) is 1.78. The number of hydrogen-bond acceptors (Lipinski definition) is 5. The lowest BCUT2D eigenvalue weighted by molar-refractivity contribution is 0.425. The van der Waals surface area contributed by atoms with Crippen molar-refractivity contribution in [3.63, 3.8) is 0 Å². The minimum Gasteiger partial charge on any atom is -0.334 e. The zero-order chi connectivity index (χ0) is 14.7. The van der Waals surface area contributed by atoms with Gasteiger partial charge in [0.1, 0.15) is 0 Å². The molecule has 4 nitrogen and oxygen atoms in total. The van der Waals surface area contributed by atoms with Gasteiger partial charge in [0.05, 0.1) is 11.3 Å². The van der Waals surface area contributed by atoms with Gasteiger partial charge in [0.2, 0.25) is 0 Å². The first-order valence-electron chi connectivity index (χ1n) is 6.46. The normalized spacial score (nSPS) is 12.4. The van der Waals surface area contributed by atoms with Gasteiger partial charge in [-0.25, -0.2) is 0 Å². The van der Waals surface area contributed by atoms with Gasteiger partial charge in [0.15, 0.2) is 5.82 Å². The number of aryl methyl sites for hydroxylation is 1. The smallest absolute Gasteiger partial charge is 0.258 e. The Morgan fingerprint density at radius 3 is 2.95 bits per heavy atom. The van der Waals surface area contributed by atoms with Crippen LogP contribution in [0.25, 0.3) is 11.5 Å². The Morgan fingerprint density at radius 2 is 2.19 bits per heavy atom. The summed E-state index contributed by atoms with van der Waals surface area (Å²) < 4.78 is 17.4. The summed E-state index contributed by atoms with van der Waals surface area (Å²) in [4.78, 5) is 4.29. The van der Waals surface area contributed by atoms with E-state index in [0.29, 0.717) is 23.2 Å². The van der Waals surface area contributed by atoms with E-state index in [4.69, 9.17) is 4.52 Å². The second-order valence-corrected chi connectivity index (χ2v) is 6.98. The standard InChI is InChI=1S/C15H14N2O2S2/c1-11-3-2-4-12(7-11)9-21(18)10-14-16-15(19-17-14)13-5-6-20-8-13/h2-8H,9-10H2,1H3/t21-/m1/s1. The number of benzene rings is 1. The predicted molar refractivity (Wildman–Crippen MR) is 84.3 cm³/mol. The van der Waals surface area contributed by atoms with E-state index in [9.17, 15) is 4.21 Å². The van der Waals surface area contributed by atoms with Crippen molar-refractivity contribution in [1.29, 1.82) is 0 Å². The van der Waals surface area contributed by atoms with Gasteiger partial charge in [-0.2, -0.15) is 16.3 Å². The number of hydrogen-bond donors (Lipinski definition) is 0. The Labute approximate surface area is 129 Å². The number of aromatic nitrogens is 2. The lowest BCUT2D eigenvalue weighted by Gasteiger charge is -2.01. The molecule has 108 valence electrons. The molecule has 0 spiro atoms. The van der Waals surface area contributed by atoms with E-state index in [1.165, 1.54) is 5.56 Å². The van der Waals surface area contributed by atoms with Gasteiger partial charge < -0.3 is 4.52 Å². The zero-order valence-electron chi connectivity index (χ0n) is 11.5. The lowest BCUT2D eigenvalue weighted by atomic mass is 10.2. The molecule has 0 fully saturated rings. The van der Waals surface area contributed by atoms with Crippen LogP contribution in [0.2, 0.25) is 0 Å². The molecule has 21 heavy (non-hydrogen) atoms. The molecule has 0 aliphatic rings. The Bertz CT molecular complexity index is 751. The van der Waals surface area contributed by atoms with Crippen LogP contribution in [0.15, 0.2) is 45.6 Å². The zero-order valence-corrected chi connectivity index (χ0v) is 13.1. The molecule has 0 saturated heterocycles. The van der Waals surface area contributed by atoms with Crippen molar-refractivity contribution in [3.8, 4) is 11.5 Å². The molecular formula is C15H14N2O2S2. The Balaban J connectivity index is 1.65. The van der Waals surface area contributed by atoms with Gasteiger partial charge in [-0.05, 0) is 23.9 Å². The second kappa shape index (κ2) is 6.32. The van der Waals surface area contributed by atoms with Crippen molar-refractivity contribution in [2.24, 2.45) is 0 Å². The first kappa shape index (κ1) is 14.2. The highest BCUT2D eigenvalue weighted by atomic mass is 32.2. The molecule has 0 aliphatic carbocycles. The van der Waals surface area contributed by atoms with E-state index in [2.05, 4.69) is 10.1 Å². The molecule has 2 aromatic heterocycles. The van der Waals surface area contributed by atoms with E-state index < -0.39 is 10.8 Å². The maximum absolute atomic E-state index is 12.2. The number of thiophene rings is 1. The minimum atomic E-state index is -1.05. The monoisotopic (exact) mass is 318 g/mol. The molecular weight excluding hydrogens is 304 g/mol. The molecule has 0 bridgehead atoms. The molecule has 3 aromatic rings. The van der Waals surface area contributed by atoms with Crippen LogP contribution in [-0.2, 0) is 22.3 Å². The van der Waals surface area contributed by atoms with Gasteiger partial charge in [0, 0.05) is 21.9 Å². The van der Waals surface area contributed by atoms with Gasteiger partial charge in [0.25, 0.3) is 5.89 Å². The van der Waals surface area contributed by atoms with Gasteiger partial charge >= 0.3 is 0 Å². The van der Waals surface area contributed by atoms with Gasteiger partial charge in [-0.3, -0.25) is 4.21 Å². The van der Waals surface area contributed by atoms with Crippen molar-refractivity contribution < 1.29 is 8.73 Å². The van der Waals surface area contributed by atoms with E-state index in [1.54, 1.807) is 11.3 Å². The van der Waals surface area contributed by atoms with E-state index in [1.807, 2.05) is 48.0 Å². The van der Waals surface area contributed by atoms with Crippen LogP contribution in [-0.4, -0.2) is 14.3 Å². The highest BCUT2D eigenvalue weighted by Crippen LogP contribution is 2.20. The first-order valence-corrected chi connectivity index (χ1v) is 8.89. The van der Waals surface area contributed by atoms with Crippen LogP contribution >= 0.6 is 11.3 Å². The fourth-order valence-corrected chi connectivity index (χ4v) is 3.69. The maximum atomic E-state index is 12.2. The lowest BCUT2D eigenvalue weighted by Crippen LogP contribution is -2.01. The third kappa shape index (κ3) is 3.65. The van der Waals surface area contributed by atoms with Crippen LogP contribution in [0.1, 0.15) is 17.0 Å². The average molecular weight is 318 g/mol. The average Bonchev–Trinajstić information content (AvgIpc) is 3.08. The van der Waals surface area contributed by atoms with E-state index >= 15 is 0 Å². The molecule has 6 heteroatoms.